The van der Waals surface area contributed by atoms with Crippen LogP contribution in [-0.4, -0.2) is 16.5 Å². The fourth-order valence-corrected chi connectivity index (χ4v) is 3.68. The molecule has 1 aliphatic rings. The molecule has 1 unspecified atom stereocenters. The molecule has 1 atom stereocenters. The van der Waals surface area contributed by atoms with Crippen LogP contribution >= 0.6 is 11.6 Å². The molecule has 124 valence electrons. The Hall–Kier alpha value is -1.91. The maximum Gasteiger partial charge on any atom is 0.142 e. The van der Waals surface area contributed by atoms with Gasteiger partial charge in [0.2, 0.25) is 0 Å². The third kappa shape index (κ3) is 3.04. The number of rotatable bonds is 4. The summed E-state index contributed by atoms with van der Waals surface area (Å²) in [5, 5.41) is 5.32. The monoisotopic (exact) mass is 343 g/mol. The quantitative estimate of drug-likeness (QED) is 0.728. The maximum atomic E-state index is 13.5. The fraction of sp³-hybridized carbons (Fsp3) is 0.316. The lowest BCUT2D eigenvalue weighted by Gasteiger charge is -2.24. The number of nitrogens with zero attached hydrogens (tertiary/aromatic N) is 1. The van der Waals surface area contributed by atoms with Crippen LogP contribution in [0.5, 0.6) is 0 Å². The van der Waals surface area contributed by atoms with Crippen molar-refractivity contribution in [2.75, 3.05) is 6.54 Å². The Morgan fingerprint density at radius 3 is 2.96 bits per heavy atom. The number of pyridine rings is 1. The average molecular weight is 344 g/mol. The molecule has 1 aliphatic carbocycles. The zero-order chi connectivity index (χ0) is 16.5. The number of aryl methyl sites for hydroxylation is 1. The standard InChI is InChI=1S/C19H19ClFN3/c20-13-6-4-12(5-7-13)8-9-22-17-3-1-2-15-16-10-14(21)11-23-19(16)24-18(15)17/h4-7,10-11,17,22H,1-3,8-9H2,(H,23,24). The first-order chi connectivity index (χ1) is 11.7. The van der Waals surface area contributed by atoms with E-state index in [1.165, 1.54) is 23.0 Å². The van der Waals surface area contributed by atoms with Crippen LogP contribution in [0.3, 0.4) is 0 Å². The molecule has 4 rings (SSSR count). The van der Waals surface area contributed by atoms with E-state index in [1.807, 2.05) is 12.1 Å². The second-order valence-electron chi connectivity index (χ2n) is 6.34. The molecule has 2 heterocycles. The van der Waals surface area contributed by atoms with Crippen LogP contribution in [0.25, 0.3) is 11.0 Å². The van der Waals surface area contributed by atoms with Crippen molar-refractivity contribution in [2.45, 2.75) is 31.7 Å². The number of fused-ring (bicyclic) bond motifs is 3. The van der Waals surface area contributed by atoms with E-state index in [9.17, 15) is 4.39 Å². The Labute approximate surface area is 145 Å². The summed E-state index contributed by atoms with van der Waals surface area (Å²) in [6, 6.07) is 9.84. The molecule has 0 saturated carbocycles. The van der Waals surface area contributed by atoms with Crippen LogP contribution in [-0.2, 0) is 12.8 Å². The van der Waals surface area contributed by atoms with E-state index in [0.29, 0.717) is 0 Å². The van der Waals surface area contributed by atoms with Gasteiger partial charge in [0.1, 0.15) is 11.5 Å². The summed E-state index contributed by atoms with van der Waals surface area (Å²) in [4.78, 5) is 7.58. The second kappa shape index (κ2) is 6.54. The summed E-state index contributed by atoms with van der Waals surface area (Å²) in [6.07, 6.45) is 5.40. The molecule has 3 aromatic rings. The van der Waals surface area contributed by atoms with E-state index >= 15 is 0 Å². The summed E-state index contributed by atoms with van der Waals surface area (Å²) in [5.74, 6) is -0.276. The molecule has 0 spiro atoms. The lowest BCUT2D eigenvalue weighted by atomic mass is 9.92. The molecule has 5 heteroatoms. The topological polar surface area (TPSA) is 40.7 Å². The van der Waals surface area contributed by atoms with Gasteiger partial charge < -0.3 is 10.3 Å². The predicted octanol–water partition coefficient (Wildman–Crippen LogP) is 4.57. The first-order valence-corrected chi connectivity index (χ1v) is 8.72. The normalized spacial score (nSPS) is 17.2. The lowest BCUT2D eigenvalue weighted by molar-refractivity contribution is 0.456. The number of hydrogen-bond acceptors (Lipinski definition) is 2. The molecular formula is C19H19ClFN3. The van der Waals surface area contributed by atoms with Crippen molar-refractivity contribution >= 4 is 22.6 Å². The van der Waals surface area contributed by atoms with Crippen molar-refractivity contribution in [3.8, 4) is 0 Å². The number of hydrogen-bond donors (Lipinski definition) is 2. The molecule has 0 amide bonds. The molecule has 0 bridgehead atoms. The van der Waals surface area contributed by atoms with E-state index in [2.05, 4.69) is 27.4 Å². The van der Waals surface area contributed by atoms with Gasteiger partial charge in [-0.05, 0) is 61.6 Å². The van der Waals surface area contributed by atoms with Crippen molar-refractivity contribution < 1.29 is 4.39 Å². The van der Waals surface area contributed by atoms with Gasteiger partial charge in [0.05, 0.1) is 6.20 Å². The van der Waals surface area contributed by atoms with Crippen molar-refractivity contribution in [1.29, 1.82) is 0 Å². The minimum atomic E-state index is -0.276. The van der Waals surface area contributed by atoms with Gasteiger partial charge >= 0.3 is 0 Å². The van der Waals surface area contributed by atoms with Gasteiger partial charge in [0.25, 0.3) is 0 Å². The Morgan fingerprint density at radius 1 is 1.29 bits per heavy atom. The fourth-order valence-electron chi connectivity index (χ4n) is 3.56. The molecule has 0 saturated heterocycles. The average Bonchev–Trinajstić information content (AvgIpc) is 2.95. The number of H-pyrrole nitrogens is 1. The van der Waals surface area contributed by atoms with Gasteiger partial charge in [0, 0.05) is 22.1 Å². The number of halogens is 2. The van der Waals surface area contributed by atoms with E-state index < -0.39 is 0 Å². The van der Waals surface area contributed by atoms with E-state index in [0.717, 1.165) is 48.3 Å². The Bertz CT molecular complexity index is 857. The van der Waals surface area contributed by atoms with Crippen LogP contribution in [0, 0.1) is 5.82 Å². The summed E-state index contributed by atoms with van der Waals surface area (Å²) in [6.45, 7) is 0.892. The van der Waals surface area contributed by atoms with Gasteiger partial charge in [-0.3, -0.25) is 0 Å². The van der Waals surface area contributed by atoms with Crippen molar-refractivity contribution in [1.82, 2.24) is 15.3 Å². The zero-order valence-corrected chi connectivity index (χ0v) is 14.0. The molecule has 0 radical (unpaired) electrons. The van der Waals surface area contributed by atoms with Crippen LogP contribution in [0.1, 0.15) is 35.7 Å². The van der Waals surface area contributed by atoms with Gasteiger partial charge in [0.15, 0.2) is 0 Å². The highest BCUT2D eigenvalue weighted by Crippen LogP contribution is 2.34. The number of nitrogens with one attached hydrogen (secondary N) is 2. The zero-order valence-electron chi connectivity index (χ0n) is 13.3. The minimum absolute atomic E-state index is 0.276. The summed E-state index contributed by atoms with van der Waals surface area (Å²) >= 11 is 5.92. The van der Waals surface area contributed by atoms with Crippen LogP contribution in [0.15, 0.2) is 36.5 Å². The van der Waals surface area contributed by atoms with Crippen LogP contribution < -0.4 is 5.32 Å². The van der Waals surface area contributed by atoms with E-state index in [4.69, 9.17) is 11.6 Å². The largest absolute Gasteiger partial charge is 0.342 e. The molecule has 24 heavy (non-hydrogen) atoms. The van der Waals surface area contributed by atoms with E-state index in [-0.39, 0.29) is 11.9 Å². The first kappa shape index (κ1) is 15.6. The molecular weight excluding hydrogens is 325 g/mol. The highest BCUT2D eigenvalue weighted by atomic mass is 35.5. The number of benzene rings is 1. The smallest absolute Gasteiger partial charge is 0.142 e. The third-order valence-electron chi connectivity index (χ3n) is 4.74. The first-order valence-electron chi connectivity index (χ1n) is 8.34. The van der Waals surface area contributed by atoms with Crippen molar-refractivity contribution in [2.24, 2.45) is 0 Å². The van der Waals surface area contributed by atoms with E-state index in [1.54, 1.807) is 6.07 Å². The Balaban J connectivity index is 1.49. The SMILES string of the molecule is Fc1cnc2[nH]c3c(c2c1)CCCC3NCCc1ccc(Cl)cc1. The molecule has 0 fully saturated rings. The second-order valence-corrected chi connectivity index (χ2v) is 6.78. The maximum absolute atomic E-state index is 13.5. The Kier molecular flexibility index (Phi) is 4.25. The molecule has 2 aromatic heterocycles. The highest BCUT2D eigenvalue weighted by Gasteiger charge is 2.24. The van der Waals surface area contributed by atoms with Crippen molar-refractivity contribution in [3.63, 3.8) is 0 Å². The minimum Gasteiger partial charge on any atom is -0.342 e. The van der Waals surface area contributed by atoms with Crippen LogP contribution in [0.4, 0.5) is 4.39 Å². The summed E-state index contributed by atoms with van der Waals surface area (Å²) in [7, 11) is 0. The molecule has 3 nitrogen and oxygen atoms in total. The lowest BCUT2D eigenvalue weighted by Crippen LogP contribution is -2.27. The van der Waals surface area contributed by atoms with Gasteiger partial charge in [-0.15, -0.1) is 0 Å². The molecule has 0 aliphatic heterocycles. The van der Waals surface area contributed by atoms with Gasteiger partial charge in [-0.25, -0.2) is 9.37 Å². The summed E-state index contributed by atoms with van der Waals surface area (Å²) < 4.78 is 13.5. The van der Waals surface area contributed by atoms with Gasteiger partial charge in [-0.1, -0.05) is 23.7 Å². The number of aromatic nitrogens is 2. The highest BCUT2D eigenvalue weighted by molar-refractivity contribution is 6.30. The third-order valence-corrected chi connectivity index (χ3v) is 5.00. The molecule has 2 N–H and O–H groups in total. The Morgan fingerprint density at radius 2 is 2.12 bits per heavy atom. The van der Waals surface area contributed by atoms with Crippen molar-refractivity contribution in [3.05, 3.63) is 64.2 Å². The number of aromatic amines is 1. The predicted molar refractivity (Wildman–Crippen MR) is 94.9 cm³/mol. The van der Waals surface area contributed by atoms with Crippen LogP contribution in [0.2, 0.25) is 5.02 Å². The molecule has 1 aromatic carbocycles. The van der Waals surface area contributed by atoms with Gasteiger partial charge in [-0.2, -0.15) is 0 Å². The summed E-state index contributed by atoms with van der Waals surface area (Å²) in [5.41, 5.74) is 4.44.